The number of carbonyl (C=O) groups is 1. The number of rotatable bonds is 4. The van der Waals surface area contributed by atoms with Gasteiger partial charge in [-0.3, -0.25) is 9.78 Å². The van der Waals surface area contributed by atoms with Crippen molar-refractivity contribution >= 4 is 46.2 Å². The fourth-order valence-electron chi connectivity index (χ4n) is 2.12. The molecule has 1 aromatic heterocycles. The van der Waals surface area contributed by atoms with Crippen LogP contribution < -0.4 is 10.6 Å². The Labute approximate surface area is 153 Å². The second kappa shape index (κ2) is 7.51. The maximum absolute atomic E-state index is 13.2. The molecule has 2 aromatic carbocycles. The van der Waals surface area contributed by atoms with Gasteiger partial charge in [-0.25, -0.2) is 4.39 Å². The zero-order valence-electron chi connectivity index (χ0n) is 12.8. The van der Waals surface area contributed by atoms with E-state index in [2.05, 4.69) is 15.6 Å². The largest absolute Gasteiger partial charge is 0.354 e. The van der Waals surface area contributed by atoms with Crippen molar-refractivity contribution in [3.8, 4) is 0 Å². The van der Waals surface area contributed by atoms with Crippen molar-refractivity contribution in [1.82, 2.24) is 4.98 Å². The number of hydrogen-bond donors (Lipinski definition) is 2. The van der Waals surface area contributed by atoms with Crippen LogP contribution in [0.15, 0.2) is 60.8 Å². The molecule has 0 saturated carbocycles. The molecule has 0 aliphatic carbocycles. The van der Waals surface area contributed by atoms with Crippen LogP contribution in [-0.2, 0) is 0 Å². The van der Waals surface area contributed by atoms with Gasteiger partial charge in [0.05, 0.1) is 15.7 Å². The Bertz CT molecular complexity index is 934. The lowest BCUT2D eigenvalue weighted by atomic mass is 10.2. The number of amides is 1. The zero-order valence-corrected chi connectivity index (χ0v) is 14.3. The van der Waals surface area contributed by atoms with Gasteiger partial charge in [-0.15, -0.1) is 0 Å². The van der Waals surface area contributed by atoms with Gasteiger partial charge < -0.3 is 10.6 Å². The highest BCUT2D eigenvalue weighted by Gasteiger charge is 2.10. The average molecular weight is 376 g/mol. The number of para-hydroxylation sites is 1. The van der Waals surface area contributed by atoms with Gasteiger partial charge in [0.15, 0.2) is 0 Å². The number of nitrogens with zero attached hydrogens (tertiary/aromatic N) is 1. The second-order valence-electron chi connectivity index (χ2n) is 5.12. The summed E-state index contributed by atoms with van der Waals surface area (Å²) in [6.07, 6.45) is 1.51. The predicted octanol–water partition coefficient (Wildman–Crippen LogP) is 5.52. The molecule has 25 heavy (non-hydrogen) atoms. The summed E-state index contributed by atoms with van der Waals surface area (Å²) in [6.45, 7) is 0. The van der Waals surface area contributed by atoms with Crippen molar-refractivity contribution in [3.63, 3.8) is 0 Å². The molecule has 0 fully saturated rings. The van der Waals surface area contributed by atoms with Gasteiger partial charge in [0.25, 0.3) is 5.91 Å². The van der Waals surface area contributed by atoms with Crippen LogP contribution >= 0.6 is 23.2 Å². The van der Waals surface area contributed by atoms with E-state index < -0.39 is 11.7 Å². The molecule has 0 radical (unpaired) electrons. The summed E-state index contributed by atoms with van der Waals surface area (Å²) in [6, 6.07) is 14.5. The third kappa shape index (κ3) is 4.26. The molecule has 0 aliphatic rings. The lowest BCUT2D eigenvalue weighted by Crippen LogP contribution is -2.13. The van der Waals surface area contributed by atoms with Gasteiger partial charge in [-0.1, -0.05) is 35.3 Å². The lowest BCUT2D eigenvalue weighted by molar-refractivity contribution is 0.102. The molecule has 0 bridgehead atoms. The highest BCUT2D eigenvalue weighted by molar-refractivity contribution is 6.33. The highest BCUT2D eigenvalue weighted by Crippen LogP contribution is 2.25. The lowest BCUT2D eigenvalue weighted by Gasteiger charge is -2.10. The Morgan fingerprint density at radius 2 is 1.76 bits per heavy atom. The summed E-state index contributed by atoms with van der Waals surface area (Å²) in [5.74, 6) is -0.991. The molecule has 0 saturated heterocycles. The van der Waals surface area contributed by atoms with Crippen LogP contribution in [0.4, 0.5) is 21.5 Å². The average Bonchev–Trinajstić information content (AvgIpc) is 2.60. The standard InChI is InChI=1S/C18H12Cl2FN3O/c19-13-3-1-2-4-16(13)23-12-7-8-22-17(10-12)18(25)24-11-5-6-15(21)14(20)9-11/h1-10H,(H,22,23)(H,24,25). The molecule has 0 atom stereocenters. The van der Waals surface area contributed by atoms with Crippen LogP contribution in [0.3, 0.4) is 0 Å². The number of aromatic nitrogens is 1. The third-order valence-corrected chi connectivity index (χ3v) is 3.94. The van der Waals surface area contributed by atoms with Gasteiger partial charge in [0.2, 0.25) is 0 Å². The first-order chi connectivity index (χ1) is 12.0. The number of carbonyl (C=O) groups excluding carboxylic acids is 1. The summed E-state index contributed by atoms with van der Waals surface area (Å²) >= 11 is 11.8. The van der Waals surface area contributed by atoms with Crippen molar-refractivity contribution in [2.45, 2.75) is 0 Å². The number of anilines is 3. The quantitative estimate of drug-likeness (QED) is 0.630. The van der Waals surface area contributed by atoms with Crippen LogP contribution in [0.5, 0.6) is 0 Å². The minimum Gasteiger partial charge on any atom is -0.354 e. The second-order valence-corrected chi connectivity index (χ2v) is 5.93. The summed E-state index contributed by atoms with van der Waals surface area (Å²) in [7, 11) is 0. The fourth-order valence-corrected chi connectivity index (χ4v) is 2.48. The molecule has 3 aromatic rings. The molecule has 0 unspecified atom stereocenters. The van der Waals surface area contributed by atoms with E-state index in [4.69, 9.17) is 23.2 Å². The minimum absolute atomic E-state index is 0.0695. The van der Waals surface area contributed by atoms with Gasteiger partial charge in [-0.05, 0) is 42.5 Å². The number of hydrogen-bond acceptors (Lipinski definition) is 3. The molecule has 4 nitrogen and oxygen atoms in total. The molecule has 126 valence electrons. The van der Waals surface area contributed by atoms with Crippen LogP contribution in [0, 0.1) is 5.82 Å². The molecule has 1 amide bonds. The molecular weight excluding hydrogens is 364 g/mol. The number of halogens is 3. The minimum atomic E-state index is -0.552. The number of benzene rings is 2. The van der Waals surface area contributed by atoms with Gasteiger partial charge in [-0.2, -0.15) is 0 Å². The van der Waals surface area contributed by atoms with Crippen molar-refractivity contribution in [1.29, 1.82) is 0 Å². The number of nitrogens with one attached hydrogen (secondary N) is 2. The molecule has 2 N–H and O–H groups in total. The van der Waals surface area contributed by atoms with E-state index in [1.54, 1.807) is 18.2 Å². The first-order valence-corrected chi connectivity index (χ1v) is 8.02. The molecule has 0 spiro atoms. The van der Waals surface area contributed by atoms with E-state index in [0.29, 0.717) is 22.1 Å². The zero-order chi connectivity index (χ0) is 17.8. The summed E-state index contributed by atoms with van der Waals surface area (Å²) in [4.78, 5) is 16.4. The smallest absolute Gasteiger partial charge is 0.274 e. The predicted molar refractivity (Wildman–Crippen MR) is 98.3 cm³/mol. The van der Waals surface area contributed by atoms with E-state index in [1.807, 2.05) is 18.2 Å². The maximum Gasteiger partial charge on any atom is 0.274 e. The van der Waals surface area contributed by atoms with E-state index in [-0.39, 0.29) is 10.7 Å². The van der Waals surface area contributed by atoms with E-state index in [1.165, 1.54) is 24.4 Å². The Kier molecular flexibility index (Phi) is 5.16. The SMILES string of the molecule is O=C(Nc1ccc(F)c(Cl)c1)c1cc(Nc2ccccc2Cl)ccn1. The van der Waals surface area contributed by atoms with Gasteiger partial charge >= 0.3 is 0 Å². The molecule has 7 heteroatoms. The van der Waals surface area contributed by atoms with Gasteiger partial charge in [0, 0.05) is 17.6 Å². The van der Waals surface area contributed by atoms with E-state index in [9.17, 15) is 9.18 Å². The van der Waals surface area contributed by atoms with Crippen LogP contribution in [0.2, 0.25) is 10.0 Å². The summed E-state index contributed by atoms with van der Waals surface area (Å²) in [5, 5.41) is 6.24. The van der Waals surface area contributed by atoms with Gasteiger partial charge in [0.1, 0.15) is 11.5 Å². The third-order valence-electron chi connectivity index (χ3n) is 3.32. The number of pyridine rings is 1. The molecular formula is C18H12Cl2FN3O. The van der Waals surface area contributed by atoms with Crippen LogP contribution in [-0.4, -0.2) is 10.9 Å². The summed E-state index contributed by atoms with van der Waals surface area (Å²) in [5.41, 5.74) is 1.94. The molecule has 0 aliphatic heterocycles. The fraction of sp³-hybridized carbons (Fsp3) is 0. The summed E-state index contributed by atoms with van der Waals surface area (Å²) < 4.78 is 13.2. The Balaban J connectivity index is 1.77. The topological polar surface area (TPSA) is 54.0 Å². The Hall–Kier alpha value is -2.63. The van der Waals surface area contributed by atoms with E-state index >= 15 is 0 Å². The van der Waals surface area contributed by atoms with E-state index in [0.717, 1.165) is 0 Å². The van der Waals surface area contributed by atoms with Crippen LogP contribution in [0.1, 0.15) is 10.5 Å². The monoisotopic (exact) mass is 375 g/mol. The first kappa shape index (κ1) is 17.2. The van der Waals surface area contributed by atoms with Crippen molar-refractivity contribution in [2.75, 3.05) is 10.6 Å². The highest BCUT2D eigenvalue weighted by atomic mass is 35.5. The molecule has 1 heterocycles. The van der Waals surface area contributed by atoms with Crippen LogP contribution in [0.25, 0.3) is 0 Å². The first-order valence-electron chi connectivity index (χ1n) is 7.27. The van der Waals surface area contributed by atoms with Crippen molar-refractivity contribution in [2.24, 2.45) is 0 Å². The normalized spacial score (nSPS) is 10.4. The van der Waals surface area contributed by atoms with Crippen molar-refractivity contribution < 1.29 is 9.18 Å². The van der Waals surface area contributed by atoms with Crippen molar-refractivity contribution in [3.05, 3.63) is 82.4 Å². The Morgan fingerprint density at radius 3 is 2.52 bits per heavy atom. The Morgan fingerprint density at radius 1 is 0.960 bits per heavy atom. The molecule has 3 rings (SSSR count). The maximum atomic E-state index is 13.2.